The van der Waals surface area contributed by atoms with Crippen LogP contribution in [0.15, 0.2) is 48.5 Å². The molecule has 2 aromatic carbocycles. The highest BCUT2D eigenvalue weighted by molar-refractivity contribution is 5.41. The van der Waals surface area contributed by atoms with Gasteiger partial charge < -0.3 is 10.1 Å². The first-order valence-corrected chi connectivity index (χ1v) is 7.63. The van der Waals surface area contributed by atoms with Gasteiger partial charge in [-0.05, 0) is 43.5 Å². The Morgan fingerprint density at radius 2 is 1.90 bits per heavy atom. The summed E-state index contributed by atoms with van der Waals surface area (Å²) in [5.41, 5.74) is 3.90. The highest BCUT2D eigenvalue weighted by Crippen LogP contribution is 2.35. The molecule has 0 saturated carbocycles. The fraction of sp³-hybridized carbons (Fsp3) is 0.368. The highest BCUT2D eigenvalue weighted by atomic mass is 16.5. The molecule has 0 aromatic heterocycles. The van der Waals surface area contributed by atoms with Gasteiger partial charge in [0.15, 0.2) is 0 Å². The lowest BCUT2D eigenvalue weighted by atomic mass is 10.00. The van der Waals surface area contributed by atoms with Gasteiger partial charge in [-0.1, -0.05) is 42.5 Å². The number of hydrogen-bond acceptors (Lipinski definition) is 2. The topological polar surface area (TPSA) is 21.3 Å². The molecule has 21 heavy (non-hydrogen) atoms. The van der Waals surface area contributed by atoms with Crippen molar-refractivity contribution in [3.63, 3.8) is 0 Å². The number of hydrogen-bond donors (Lipinski definition) is 1. The van der Waals surface area contributed by atoms with Crippen LogP contribution in [0.25, 0.3) is 0 Å². The van der Waals surface area contributed by atoms with Crippen molar-refractivity contribution >= 4 is 0 Å². The van der Waals surface area contributed by atoms with E-state index in [9.17, 15) is 0 Å². The van der Waals surface area contributed by atoms with E-state index in [1.807, 2.05) is 0 Å². The summed E-state index contributed by atoms with van der Waals surface area (Å²) < 4.78 is 5.92. The third kappa shape index (κ3) is 3.27. The molecule has 0 unspecified atom stereocenters. The van der Waals surface area contributed by atoms with Gasteiger partial charge in [-0.25, -0.2) is 0 Å². The Labute approximate surface area is 127 Å². The largest absolute Gasteiger partial charge is 0.487 e. The standard InChI is InChI=1S/C19H23NO/c1-14(16-7-5-4-6-8-16)20-13-15-9-10-18-17(11-15)12-19(2,3)21-18/h4-11,14,20H,12-13H2,1-3H3/t14-/m1/s1. The first kappa shape index (κ1) is 14.2. The Morgan fingerprint density at radius 3 is 2.67 bits per heavy atom. The Bertz CT molecular complexity index is 619. The molecule has 3 rings (SSSR count). The third-order valence-corrected chi connectivity index (χ3v) is 4.04. The molecule has 1 heterocycles. The minimum absolute atomic E-state index is 0.0638. The highest BCUT2D eigenvalue weighted by Gasteiger charge is 2.29. The minimum Gasteiger partial charge on any atom is -0.487 e. The van der Waals surface area contributed by atoms with Gasteiger partial charge in [-0.3, -0.25) is 0 Å². The van der Waals surface area contributed by atoms with Crippen LogP contribution in [0, 0.1) is 0 Å². The van der Waals surface area contributed by atoms with Crippen molar-refractivity contribution in [1.29, 1.82) is 0 Å². The molecular weight excluding hydrogens is 258 g/mol. The van der Waals surface area contributed by atoms with Gasteiger partial charge in [0.1, 0.15) is 11.4 Å². The van der Waals surface area contributed by atoms with E-state index < -0.39 is 0 Å². The van der Waals surface area contributed by atoms with Gasteiger partial charge in [0.25, 0.3) is 0 Å². The number of ether oxygens (including phenoxy) is 1. The van der Waals surface area contributed by atoms with E-state index in [-0.39, 0.29) is 5.60 Å². The molecule has 0 fully saturated rings. The van der Waals surface area contributed by atoms with E-state index in [2.05, 4.69) is 74.6 Å². The van der Waals surface area contributed by atoms with Crippen molar-refractivity contribution in [3.05, 3.63) is 65.2 Å². The monoisotopic (exact) mass is 281 g/mol. The van der Waals surface area contributed by atoms with Gasteiger partial charge in [-0.2, -0.15) is 0 Å². The fourth-order valence-corrected chi connectivity index (χ4v) is 2.90. The van der Waals surface area contributed by atoms with Crippen molar-refractivity contribution in [1.82, 2.24) is 5.32 Å². The van der Waals surface area contributed by atoms with Crippen LogP contribution in [0.3, 0.4) is 0 Å². The van der Waals surface area contributed by atoms with Gasteiger partial charge >= 0.3 is 0 Å². The molecule has 0 bridgehead atoms. The lowest BCUT2D eigenvalue weighted by molar-refractivity contribution is 0.138. The predicted molar refractivity (Wildman–Crippen MR) is 86.5 cm³/mol. The average molecular weight is 281 g/mol. The summed E-state index contributed by atoms with van der Waals surface area (Å²) in [6.45, 7) is 7.36. The molecular formula is C19H23NO. The number of nitrogens with one attached hydrogen (secondary N) is 1. The molecule has 1 aliphatic heterocycles. The van der Waals surface area contributed by atoms with Gasteiger partial charge in [0.2, 0.25) is 0 Å². The van der Waals surface area contributed by atoms with Crippen molar-refractivity contribution in [3.8, 4) is 5.75 Å². The van der Waals surface area contributed by atoms with Crippen LogP contribution in [-0.2, 0) is 13.0 Å². The minimum atomic E-state index is -0.0638. The van der Waals surface area contributed by atoms with Crippen molar-refractivity contribution in [2.45, 2.75) is 45.4 Å². The molecule has 1 aliphatic rings. The maximum atomic E-state index is 5.92. The molecule has 0 spiro atoms. The summed E-state index contributed by atoms with van der Waals surface area (Å²) in [7, 11) is 0. The quantitative estimate of drug-likeness (QED) is 0.904. The molecule has 0 aliphatic carbocycles. The van der Waals surface area contributed by atoms with Crippen LogP contribution in [0.4, 0.5) is 0 Å². The van der Waals surface area contributed by atoms with Gasteiger partial charge in [0, 0.05) is 19.0 Å². The van der Waals surface area contributed by atoms with E-state index in [1.165, 1.54) is 16.7 Å². The Hall–Kier alpha value is -1.80. The van der Waals surface area contributed by atoms with Crippen LogP contribution in [-0.4, -0.2) is 5.60 Å². The lowest BCUT2D eigenvalue weighted by Gasteiger charge is -2.16. The number of benzene rings is 2. The van der Waals surface area contributed by atoms with E-state index in [1.54, 1.807) is 0 Å². The molecule has 2 heteroatoms. The summed E-state index contributed by atoms with van der Waals surface area (Å²) in [6.07, 6.45) is 0.990. The first-order valence-electron chi connectivity index (χ1n) is 7.63. The summed E-state index contributed by atoms with van der Waals surface area (Å²) in [4.78, 5) is 0. The SMILES string of the molecule is C[C@@H](NCc1ccc2c(c1)CC(C)(C)O2)c1ccccc1. The second-order valence-electron chi connectivity index (χ2n) is 6.49. The summed E-state index contributed by atoms with van der Waals surface area (Å²) in [5.74, 6) is 1.04. The molecule has 2 nitrogen and oxygen atoms in total. The molecule has 1 N–H and O–H groups in total. The van der Waals surface area contributed by atoms with Gasteiger partial charge in [-0.15, -0.1) is 0 Å². The van der Waals surface area contributed by atoms with Crippen LogP contribution < -0.4 is 10.1 Å². The maximum absolute atomic E-state index is 5.92. The normalized spacial score (nSPS) is 17.1. The number of rotatable bonds is 4. The molecule has 110 valence electrons. The van der Waals surface area contributed by atoms with Crippen LogP contribution >= 0.6 is 0 Å². The van der Waals surface area contributed by atoms with E-state index in [0.717, 1.165) is 18.7 Å². The maximum Gasteiger partial charge on any atom is 0.123 e. The van der Waals surface area contributed by atoms with Crippen LogP contribution in [0.2, 0.25) is 0 Å². The molecule has 1 atom stereocenters. The van der Waals surface area contributed by atoms with E-state index in [0.29, 0.717) is 6.04 Å². The fourth-order valence-electron chi connectivity index (χ4n) is 2.90. The van der Waals surface area contributed by atoms with E-state index >= 15 is 0 Å². The van der Waals surface area contributed by atoms with Gasteiger partial charge in [0.05, 0.1) is 0 Å². The van der Waals surface area contributed by atoms with Crippen molar-refractivity contribution in [2.75, 3.05) is 0 Å². The second-order valence-corrected chi connectivity index (χ2v) is 6.49. The molecule has 0 amide bonds. The Morgan fingerprint density at radius 1 is 1.14 bits per heavy atom. The first-order chi connectivity index (χ1) is 10.0. The zero-order valence-corrected chi connectivity index (χ0v) is 13.0. The van der Waals surface area contributed by atoms with Crippen LogP contribution in [0.5, 0.6) is 5.75 Å². The lowest BCUT2D eigenvalue weighted by Crippen LogP contribution is -2.24. The predicted octanol–water partition coefficient (Wildman–Crippen LogP) is 4.25. The zero-order chi connectivity index (χ0) is 14.9. The molecule has 0 saturated heterocycles. The molecule has 2 aromatic rings. The summed E-state index contributed by atoms with van der Waals surface area (Å²) in [6, 6.07) is 17.4. The Kier molecular flexibility index (Phi) is 3.73. The Balaban J connectivity index is 1.65. The second kappa shape index (κ2) is 5.53. The summed E-state index contributed by atoms with van der Waals surface area (Å²) >= 11 is 0. The average Bonchev–Trinajstić information content (AvgIpc) is 2.78. The third-order valence-electron chi connectivity index (χ3n) is 4.04. The smallest absolute Gasteiger partial charge is 0.123 e. The van der Waals surface area contributed by atoms with E-state index in [4.69, 9.17) is 4.74 Å². The van der Waals surface area contributed by atoms with Crippen molar-refractivity contribution < 1.29 is 4.74 Å². The molecule has 0 radical (unpaired) electrons. The van der Waals surface area contributed by atoms with Crippen molar-refractivity contribution in [2.24, 2.45) is 0 Å². The van der Waals surface area contributed by atoms with Crippen LogP contribution in [0.1, 0.15) is 43.5 Å². The summed E-state index contributed by atoms with van der Waals surface area (Å²) in [5, 5.41) is 3.59. The number of fused-ring (bicyclic) bond motifs is 1. The zero-order valence-electron chi connectivity index (χ0n) is 13.0.